The fraction of sp³-hybridized carbons (Fsp3) is 0.111. The Balaban J connectivity index is 1.81. The minimum atomic E-state index is -0.113. The van der Waals surface area contributed by atoms with Crippen LogP contribution in [0.2, 0.25) is 0 Å². The van der Waals surface area contributed by atoms with E-state index in [0.29, 0.717) is 10.6 Å². The first-order chi connectivity index (χ1) is 11.1. The first kappa shape index (κ1) is 15.2. The molecule has 0 unspecified atom stereocenters. The third-order valence-electron chi connectivity index (χ3n) is 3.42. The highest BCUT2D eigenvalue weighted by Crippen LogP contribution is 2.28. The van der Waals surface area contributed by atoms with Gasteiger partial charge in [0.05, 0.1) is 16.8 Å². The van der Waals surface area contributed by atoms with Crippen LogP contribution in [-0.2, 0) is 0 Å². The van der Waals surface area contributed by atoms with Gasteiger partial charge in [0.2, 0.25) is 0 Å². The summed E-state index contributed by atoms with van der Waals surface area (Å²) in [5, 5.41) is 4.85. The van der Waals surface area contributed by atoms with E-state index in [9.17, 15) is 4.79 Å². The van der Waals surface area contributed by atoms with Crippen molar-refractivity contribution >= 4 is 28.7 Å². The van der Waals surface area contributed by atoms with Gasteiger partial charge in [-0.2, -0.15) is 0 Å². The maximum absolute atomic E-state index is 12.5. The molecule has 23 heavy (non-hydrogen) atoms. The van der Waals surface area contributed by atoms with Crippen molar-refractivity contribution < 1.29 is 4.79 Å². The molecule has 1 amide bonds. The molecular formula is C18H17N3OS. The van der Waals surface area contributed by atoms with Crippen molar-refractivity contribution in [2.24, 2.45) is 0 Å². The van der Waals surface area contributed by atoms with Gasteiger partial charge in [0.15, 0.2) is 0 Å². The van der Waals surface area contributed by atoms with Crippen LogP contribution in [0, 0.1) is 0 Å². The third kappa shape index (κ3) is 3.40. The van der Waals surface area contributed by atoms with Crippen molar-refractivity contribution in [2.75, 3.05) is 24.3 Å². The van der Waals surface area contributed by atoms with E-state index in [1.54, 1.807) is 6.20 Å². The lowest BCUT2D eigenvalue weighted by Gasteiger charge is -2.11. The van der Waals surface area contributed by atoms with Crippen LogP contribution in [0.4, 0.5) is 11.5 Å². The first-order valence-electron chi connectivity index (χ1n) is 7.23. The minimum absolute atomic E-state index is 0.113. The van der Waals surface area contributed by atoms with Gasteiger partial charge >= 0.3 is 0 Å². The fourth-order valence-electron chi connectivity index (χ4n) is 2.24. The SMILES string of the molecule is CN(C)c1ccc(NC(=O)c2sccc2-c2ccccc2)cn1. The number of nitrogens with zero attached hydrogens (tertiary/aromatic N) is 2. The number of nitrogens with one attached hydrogen (secondary N) is 1. The number of benzene rings is 1. The average Bonchev–Trinajstić information content (AvgIpc) is 3.06. The number of thiophene rings is 1. The van der Waals surface area contributed by atoms with Gasteiger partial charge in [-0.15, -0.1) is 11.3 Å². The molecule has 3 aromatic rings. The summed E-state index contributed by atoms with van der Waals surface area (Å²) in [4.78, 5) is 19.5. The predicted molar refractivity (Wildman–Crippen MR) is 96.3 cm³/mol. The quantitative estimate of drug-likeness (QED) is 0.785. The second-order valence-electron chi connectivity index (χ2n) is 5.28. The molecule has 3 rings (SSSR count). The van der Waals surface area contributed by atoms with Gasteiger partial charge < -0.3 is 10.2 Å². The van der Waals surface area contributed by atoms with E-state index in [2.05, 4.69) is 10.3 Å². The Morgan fingerprint density at radius 2 is 1.87 bits per heavy atom. The highest BCUT2D eigenvalue weighted by Gasteiger charge is 2.14. The molecule has 0 saturated carbocycles. The lowest BCUT2D eigenvalue weighted by Crippen LogP contribution is -2.13. The molecule has 1 aromatic carbocycles. The van der Waals surface area contributed by atoms with E-state index in [0.717, 1.165) is 16.9 Å². The Morgan fingerprint density at radius 1 is 1.09 bits per heavy atom. The summed E-state index contributed by atoms with van der Waals surface area (Å²) in [7, 11) is 3.86. The zero-order chi connectivity index (χ0) is 16.2. The molecule has 0 fully saturated rings. The summed E-state index contributed by atoms with van der Waals surface area (Å²) in [6.07, 6.45) is 1.67. The van der Waals surface area contributed by atoms with Crippen LogP contribution in [0.25, 0.3) is 11.1 Å². The number of carbonyl (C=O) groups is 1. The van der Waals surface area contributed by atoms with Gasteiger partial charge in [-0.3, -0.25) is 4.79 Å². The van der Waals surface area contributed by atoms with Crippen molar-refractivity contribution in [2.45, 2.75) is 0 Å². The monoisotopic (exact) mass is 323 g/mol. The molecule has 0 radical (unpaired) electrons. The molecule has 4 nitrogen and oxygen atoms in total. The van der Waals surface area contributed by atoms with E-state index in [1.807, 2.05) is 72.9 Å². The zero-order valence-electron chi connectivity index (χ0n) is 13.0. The van der Waals surface area contributed by atoms with Crippen molar-refractivity contribution in [3.63, 3.8) is 0 Å². The molecule has 0 aliphatic rings. The molecule has 0 aliphatic heterocycles. The standard InChI is InChI=1S/C18H17N3OS/c1-21(2)16-9-8-14(12-19-16)20-18(22)17-15(10-11-23-17)13-6-4-3-5-7-13/h3-12H,1-2H3,(H,20,22). The number of hydrogen-bond donors (Lipinski definition) is 1. The van der Waals surface area contributed by atoms with E-state index in [-0.39, 0.29) is 5.91 Å². The molecule has 0 atom stereocenters. The van der Waals surface area contributed by atoms with Crippen LogP contribution in [0.3, 0.4) is 0 Å². The van der Waals surface area contributed by atoms with Crippen molar-refractivity contribution in [1.82, 2.24) is 4.98 Å². The predicted octanol–water partition coefficient (Wildman–Crippen LogP) is 4.13. The van der Waals surface area contributed by atoms with Crippen molar-refractivity contribution in [3.05, 3.63) is 65.0 Å². The highest BCUT2D eigenvalue weighted by molar-refractivity contribution is 7.12. The van der Waals surface area contributed by atoms with E-state index < -0.39 is 0 Å². The topological polar surface area (TPSA) is 45.2 Å². The zero-order valence-corrected chi connectivity index (χ0v) is 13.8. The number of pyridine rings is 1. The van der Waals surface area contributed by atoms with Crippen LogP contribution >= 0.6 is 11.3 Å². The Bertz CT molecular complexity index is 795. The van der Waals surface area contributed by atoms with Crippen molar-refractivity contribution in [1.29, 1.82) is 0 Å². The van der Waals surface area contributed by atoms with Crippen molar-refractivity contribution in [3.8, 4) is 11.1 Å². The summed E-state index contributed by atoms with van der Waals surface area (Å²) in [5.41, 5.74) is 2.68. The largest absolute Gasteiger partial charge is 0.363 e. The number of aromatic nitrogens is 1. The van der Waals surface area contributed by atoms with Crippen LogP contribution in [-0.4, -0.2) is 25.0 Å². The molecule has 0 spiro atoms. The Hall–Kier alpha value is -2.66. The smallest absolute Gasteiger partial charge is 0.266 e. The van der Waals surface area contributed by atoms with Crippen LogP contribution in [0.15, 0.2) is 60.1 Å². The first-order valence-corrected chi connectivity index (χ1v) is 8.11. The summed E-state index contributed by atoms with van der Waals surface area (Å²) in [6, 6.07) is 15.6. The maximum Gasteiger partial charge on any atom is 0.266 e. The van der Waals surface area contributed by atoms with Gasteiger partial charge in [-0.25, -0.2) is 4.98 Å². The number of carbonyl (C=O) groups excluding carboxylic acids is 1. The molecule has 5 heteroatoms. The normalized spacial score (nSPS) is 10.3. The minimum Gasteiger partial charge on any atom is -0.363 e. The van der Waals surface area contributed by atoms with Gasteiger partial charge in [-0.05, 0) is 29.1 Å². The number of rotatable bonds is 4. The number of amides is 1. The third-order valence-corrected chi connectivity index (χ3v) is 4.33. The molecule has 0 saturated heterocycles. The Labute approximate surface area is 139 Å². The summed E-state index contributed by atoms with van der Waals surface area (Å²) in [6.45, 7) is 0. The van der Waals surface area contributed by atoms with E-state index in [1.165, 1.54) is 11.3 Å². The Kier molecular flexibility index (Phi) is 4.39. The lowest BCUT2D eigenvalue weighted by molar-refractivity contribution is 0.103. The van der Waals surface area contributed by atoms with Crippen LogP contribution < -0.4 is 10.2 Å². The molecule has 116 valence electrons. The fourth-order valence-corrected chi connectivity index (χ4v) is 3.05. The molecular weight excluding hydrogens is 306 g/mol. The number of hydrogen-bond acceptors (Lipinski definition) is 4. The molecule has 2 heterocycles. The van der Waals surface area contributed by atoms with Gasteiger partial charge in [0.1, 0.15) is 5.82 Å². The molecule has 1 N–H and O–H groups in total. The van der Waals surface area contributed by atoms with Crippen LogP contribution in [0.5, 0.6) is 0 Å². The lowest BCUT2D eigenvalue weighted by atomic mass is 10.1. The average molecular weight is 323 g/mol. The molecule has 0 bridgehead atoms. The van der Waals surface area contributed by atoms with Gasteiger partial charge in [0, 0.05) is 19.7 Å². The second kappa shape index (κ2) is 6.62. The molecule has 2 aromatic heterocycles. The summed E-state index contributed by atoms with van der Waals surface area (Å²) >= 11 is 1.44. The second-order valence-corrected chi connectivity index (χ2v) is 6.20. The maximum atomic E-state index is 12.5. The Morgan fingerprint density at radius 3 is 2.52 bits per heavy atom. The molecule has 0 aliphatic carbocycles. The number of anilines is 2. The van der Waals surface area contributed by atoms with Crippen LogP contribution in [0.1, 0.15) is 9.67 Å². The highest BCUT2D eigenvalue weighted by atomic mass is 32.1. The van der Waals surface area contributed by atoms with E-state index in [4.69, 9.17) is 0 Å². The van der Waals surface area contributed by atoms with Gasteiger partial charge in [-0.1, -0.05) is 30.3 Å². The summed E-state index contributed by atoms with van der Waals surface area (Å²) < 4.78 is 0. The van der Waals surface area contributed by atoms with Gasteiger partial charge in [0.25, 0.3) is 5.91 Å². The van der Waals surface area contributed by atoms with E-state index >= 15 is 0 Å². The summed E-state index contributed by atoms with van der Waals surface area (Å²) in [5.74, 6) is 0.738.